The first kappa shape index (κ1) is 13.8. The van der Waals surface area contributed by atoms with Gasteiger partial charge in [0.05, 0.1) is 0 Å². The minimum Gasteiger partial charge on any atom is -0.304 e. The average molecular weight is 265 g/mol. The van der Waals surface area contributed by atoms with Gasteiger partial charge < -0.3 is 9.80 Å². The van der Waals surface area contributed by atoms with E-state index in [1.807, 2.05) is 0 Å². The smallest absolute Gasteiger partial charge is 0.0223 e. The predicted octanol–water partition coefficient (Wildman–Crippen LogP) is 1.89. The van der Waals surface area contributed by atoms with Gasteiger partial charge in [-0.25, -0.2) is 0 Å². The van der Waals surface area contributed by atoms with Gasteiger partial charge in [0.15, 0.2) is 0 Å². The largest absolute Gasteiger partial charge is 0.304 e. The molecule has 3 rings (SSSR count). The van der Waals surface area contributed by atoms with Crippen LogP contribution in [0.15, 0.2) is 0 Å². The third-order valence-corrected chi connectivity index (χ3v) is 5.59. The zero-order chi connectivity index (χ0) is 13.1. The Labute approximate surface area is 118 Å². The lowest BCUT2D eigenvalue weighted by molar-refractivity contribution is 0.0350. The van der Waals surface area contributed by atoms with Gasteiger partial charge in [-0.15, -0.1) is 0 Å². The topological polar surface area (TPSA) is 9.72 Å². The third-order valence-electron chi connectivity index (χ3n) is 5.59. The van der Waals surface area contributed by atoms with Gasteiger partial charge >= 0.3 is 0 Å². The van der Waals surface area contributed by atoms with Crippen molar-refractivity contribution in [3.05, 3.63) is 0 Å². The second-order valence-electron chi connectivity index (χ2n) is 6.82. The second kappa shape index (κ2) is 6.55. The Morgan fingerprint density at radius 2 is 1.68 bits per heavy atom. The minimum absolute atomic E-state index is 0.887. The summed E-state index contributed by atoms with van der Waals surface area (Å²) >= 11 is 0. The molecule has 0 radical (unpaired) electrons. The van der Waals surface area contributed by atoms with Crippen molar-refractivity contribution in [3.63, 3.8) is 0 Å². The van der Waals surface area contributed by atoms with Crippen LogP contribution in [0.25, 0.3) is 0 Å². The molecule has 3 heteroatoms. The Bertz CT molecular complexity index is 273. The third kappa shape index (κ3) is 3.50. The van der Waals surface area contributed by atoms with Crippen LogP contribution in [-0.4, -0.2) is 73.1 Å². The van der Waals surface area contributed by atoms with Gasteiger partial charge in [-0.2, -0.15) is 0 Å². The van der Waals surface area contributed by atoms with Crippen LogP contribution in [0.5, 0.6) is 0 Å². The van der Waals surface area contributed by atoms with Crippen molar-refractivity contribution >= 4 is 0 Å². The SMILES string of the molecule is CCN1CCC(CN2CCN3CCCCC3C2)CC1. The Morgan fingerprint density at radius 3 is 2.47 bits per heavy atom. The summed E-state index contributed by atoms with van der Waals surface area (Å²) in [5.41, 5.74) is 0. The van der Waals surface area contributed by atoms with Crippen LogP contribution in [0.4, 0.5) is 0 Å². The van der Waals surface area contributed by atoms with Crippen LogP contribution < -0.4 is 0 Å². The maximum Gasteiger partial charge on any atom is 0.0223 e. The molecule has 0 N–H and O–H groups in total. The number of piperazine rings is 1. The molecule has 3 heterocycles. The van der Waals surface area contributed by atoms with Crippen molar-refractivity contribution in [1.82, 2.24) is 14.7 Å². The van der Waals surface area contributed by atoms with E-state index in [9.17, 15) is 0 Å². The quantitative estimate of drug-likeness (QED) is 0.771. The van der Waals surface area contributed by atoms with Crippen molar-refractivity contribution in [2.75, 3.05) is 52.4 Å². The molecule has 3 fully saturated rings. The highest BCUT2D eigenvalue weighted by Gasteiger charge is 2.30. The van der Waals surface area contributed by atoms with Gasteiger partial charge in [0, 0.05) is 32.2 Å². The molecule has 0 aromatic rings. The van der Waals surface area contributed by atoms with Crippen LogP contribution in [0, 0.1) is 5.92 Å². The number of hydrogen-bond acceptors (Lipinski definition) is 3. The second-order valence-corrected chi connectivity index (χ2v) is 6.82. The van der Waals surface area contributed by atoms with Gasteiger partial charge in [-0.3, -0.25) is 4.90 Å². The average Bonchev–Trinajstić information content (AvgIpc) is 2.48. The molecule has 1 unspecified atom stereocenters. The van der Waals surface area contributed by atoms with Crippen molar-refractivity contribution in [1.29, 1.82) is 0 Å². The van der Waals surface area contributed by atoms with E-state index in [4.69, 9.17) is 0 Å². The summed E-state index contributed by atoms with van der Waals surface area (Å²) in [5.74, 6) is 0.970. The van der Waals surface area contributed by atoms with E-state index in [1.165, 1.54) is 84.5 Å². The standard InChI is InChI=1S/C16H31N3/c1-2-17-9-6-15(7-10-17)13-18-11-12-19-8-4-3-5-16(19)14-18/h15-16H,2-14H2,1H3. The van der Waals surface area contributed by atoms with Gasteiger partial charge in [-0.05, 0) is 57.8 Å². The first-order valence-electron chi connectivity index (χ1n) is 8.54. The molecule has 19 heavy (non-hydrogen) atoms. The highest BCUT2D eigenvalue weighted by atomic mass is 15.3. The van der Waals surface area contributed by atoms with E-state index < -0.39 is 0 Å². The summed E-state index contributed by atoms with van der Waals surface area (Å²) in [7, 11) is 0. The highest BCUT2D eigenvalue weighted by molar-refractivity contribution is 4.86. The number of piperidine rings is 2. The summed E-state index contributed by atoms with van der Waals surface area (Å²) in [6.07, 6.45) is 7.21. The van der Waals surface area contributed by atoms with Crippen LogP contribution in [0.1, 0.15) is 39.0 Å². The molecule has 0 aromatic heterocycles. The lowest BCUT2D eigenvalue weighted by atomic mass is 9.94. The van der Waals surface area contributed by atoms with Crippen molar-refractivity contribution < 1.29 is 0 Å². The molecular weight excluding hydrogens is 234 g/mol. The monoisotopic (exact) mass is 265 g/mol. The number of likely N-dealkylation sites (tertiary alicyclic amines) is 1. The van der Waals surface area contributed by atoms with Crippen LogP contribution in [0.2, 0.25) is 0 Å². The molecular formula is C16H31N3. The van der Waals surface area contributed by atoms with E-state index in [1.54, 1.807) is 0 Å². The number of nitrogens with zero attached hydrogens (tertiary/aromatic N) is 3. The van der Waals surface area contributed by atoms with Crippen molar-refractivity contribution in [2.45, 2.75) is 45.1 Å². The van der Waals surface area contributed by atoms with E-state index in [0.717, 1.165) is 12.0 Å². The summed E-state index contributed by atoms with van der Waals surface area (Å²) in [5, 5.41) is 0. The predicted molar refractivity (Wildman–Crippen MR) is 80.5 cm³/mol. The summed E-state index contributed by atoms with van der Waals surface area (Å²) in [4.78, 5) is 8.13. The molecule has 0 aliphatic carbocycles. The Hall–Kier alpha value is -0.120. The minimum atomic E-state index is 0.887. The summed E-state index contributed by atoms with van der Waals surface area (Å²) < 4.78 is 0. The molecule has 0 saturated carbocycles. The van der Waals surface area contributed by atoms with Gasteiger partial charge in [-0.1, -0.05) is 13.3 Å². The maximum absolute atomic E-state index is 2.78. The van der Waals surface area contributed by atoms with Crippen molar-refractivity contribution in [2.24, 2.45) is 5.92 Å². The molecule has 0 aromatic carbocycles. The normalized spacial score (nSPS) is 32.4. The zero-order valence-electron chi connectivity index (χ0n) is 12.7. The molecule has 3 saturated heterocycles. The molecule has 3 aliphatic rings. The zero-order valence-corrected chi connectivity index (χ0v) is 12.7. The molecule has 1 atom stereocenters. The highest BCUT2D eigenvalue weighted by Crippen LogP contribution is 2.24. The Balaban J connectivity index is 1.43. The first-order chi connectivity index (χ1) is 9.35. The maximum atomic E-state index is 2.78. The van der Waals surface area contributed by atoms with Crippen molar-refractivity contribution in [3.8, 4) is 0 Å². The number of fused-ring (bicyclic) bond motifs is 1. The van der Waals surface area contributed by atoms with Crippen LogP contribution in [-0.2, 0) is 0 Å². The number of rotatable bonds is 3. The van der Waals surface area contributed by atoms with Crippen LogP contribution >= 0.6 is 0 Å². The fourth-order valence-electron chi connectivity index (χ4n) is 4.24. The molecule has 0 bridgehead atoms. The van der Waals surface area contributed by atoms with Gasteiger partial charge in [0.2, 0.25) is 0 Å². The number of hydrogen-bond donors (Lipinski definition) is 0. The molecule has 3 aliphatic heterocycles. The Kier molecular flexibility index (Phi) is 4.78. The Morgan fingerprint density at radius 1 is 0.842 bits per heavy atom. The lowest BCUT2D eigenvalue weighted by Crippen LogP contribution is -2.55. The summed E-state index contributed by atoms with van der Waals surface area (Å²) in [6.45, 7) is 13.0. The van der Waals surface area contributed by atoms with E-state index >= 15 is 0 Å². The van der Waals surface area contributed by atoms with E-state index in [2.05, 4.69) is 21.6 Å². The van der Waals surface area contributed by atoms with Gasteiger partial charge in [0.25, 0.3) is 0 Å². The molecule has 3 nitrogen and oxygen atoms in total. The molecule has 110 valence electrons. The summed E-state index contributed by atoms with van der Waals surface area (Å²) in [6, 6.07) is 0.887. The molecule has 0 spiro atoms. The lowest BCUT2D eigenvalue weighted by Gasteiger charge is -2.45. The van der Waals surface area contributed by atoms with Crippen LogP contribution in [0.3, 0.4) is 0 Å². The molecule has 0 amide bonds. The fraction of sp³-hybridized carbons (Fsp3) is 1.00. The van der Waals surface area contributed by atoms with Gasteiger partial charge in [0.1, 0.15) is 0 Å². The van der Waals surface area contributed by atoms with E-state index in [-0.39, 0.29) is 0 Å². The fourth-order valence-corrected chi connectivity index (χ4v) is 4.24. The van der Waals surface area contributed by atoms with E-state index in [0.29, 0.717) is 0 Å². The first-order valence-corrected chi connectivity index (χ1v) is 8.54.